The lowest BCUT2D eigenvalue weighted by molar-refractivity contribution is -0.385. The topological polar surface area (TPSA) is 113 Å². The number of alkyl halides is 3. The maximum absolute atomic E-state index is 13.1. The molecule has 8 nitrogen and oxygen atoms in total. The molecule has 0 fully saturated rings. The average Bonchev–Trinajstić information content (AvgIpc) is 3.04. The summed E-state index contributed by atoms with van der Waals surface area (Å²) in [6.45, 7) is -0.837. The second kappa shape index (κ2) is 7.75. The van der Waals surface area contributed by atoms with Crippen LogP contribution in [0, 0.1) is 10.1 Å². The summed E-state index contributed by atoms with van der Waals surface area (Å²) in [7, 11) is 0. The molecular formula is C14H14F3N5O3. The molecule has 1 atom stereocenters. The zero-order valence-corrected chi connectivity index (χ0v) is 12.7. The molecule has 0 unspecified atom stereocenters. The van der Waals surface area contributed by atoms with Gasteiger partial charge in [-0.1, -0.05) is 30.3 Å². The second-order valence-corrected chi connectivity index (χ2v) is 5.06. The molecule has 0 saturated carbocycles. The number of hydrogen-bond acceptors (Lipinski definition) is 5. The van der Waals surface area contributed by atoms with Crippen molar-refractivity contribution in [2.24, 2.45) is 0 Å². The van der Waals surface area contributed by atoms with Crippen LogP contribution in [-0.2, 0) is 6.54 Å². The van der Waals surface area contributed by atoms with E-state index in [1.54, 1.807) is 30.3 Å². The first-order chi connectivity index (χ1) is 11.8. The maximum atomic E-state index is 13.1. The summed E-state index contributed by atoms with van der Waals surface area (Å²) >= 11 is 0. The lowest BCUT2D eigenvalue weighted by Gasteiger charge is -2.22. The number of carbonyl (C=O) groups excluding carboxylic acids is 1. The minimum absolute atomic E-state index is 0.0505. The monoisotopic (exact) mass is 357 g/mol. The van der Waals surface area contributed by atoms with Gasteiger partial charge in [-0.15, -0.1) is 0 Å². The number of amides is 1. The molecule has 1 aromatic heterocycles. The standard InChI is InChI=1S/C14H14F3N5O3/c15-14(16,17)11(18-6-9-4-2-1-3-5-9)8-19-13(23)12-10(22(24)25)7-20-21-12/h1-5,7,11,18H,6,8H2,(H,19,23)(H,20,21)/t11-/m0/s1. The van der Waals surface area contributed by atoms with Crippen LogP contribution in [0.25, 0.3) is 0 Å². The number of benzene rings is 1. The quantitative estimate of drug-likeness (QED) is 0.516. The summed E-state index contributed by atoms with van der Waals surface area (Å²) in [5, 5.41) is 20.5. The molecule has 2 rings (SSSR count). The minimum atomic E-state index is -4.61. The number of nitro groups is 1. The van der Waals surface area contributed by atoms with Crippen LogP contribution in [0.3, 0.4) is 0 Å². The Kier molecular flexibility index (Phi) is 5.70. The van der Waals surface area contributed by atoms with Gasteiger partial charge in [-0.25, -0.2) is 0 Å². The Morgan fingerprint density at radius 1 is 1.32 bits per heavy atom. The van der Waals surface area contributed by atoms with E-state index >= 15 is 0 Å². The Morgan fingerprint density at radius 2 is 2.00 bits per heavy atom. The number of aromatic nitrogens is 2. The van der Waals surface area contributed by atoms with Gasteiger partial charge >= 0.3 is 11.9 Å². The highest BCUT2D eigenvalue weighted by molar-refractivity contribution is 5.95. The van der Waals surface area contributed by atoms with E-state index in [0.717, 1.165) is 6.20 Å². The van der Waals surface area contributed by atoms with Gasteiger partial charge in [0.15, 0.2) is 0 Å². The van der Waals surface area contributed by atoms with Crippen LogP contribution in [-0.4, -0.2) is 39.8 Å². The van der Waals surface area contributed by atoms with Gasteiger partial charge in [0.25, 0.3) is 5.91 Å². The van der Waals surface area contributed by atoms with Gasteiger partial charge in [0.1, 0.15) is 12.2 Å². The number of hydrogen-bond donors (Lipinski definition) is 3. The van der Waals surface area contributed by atoms with E-state index in [1.807, 2.05) is 5.32 Å². The maximum Gasteiger partial charge on any atom is 0.405 e. The fourth-order valence-corrected chi connectivity index (χ4v) is 2.01. The Morgan fingerprint density at radius 3 is 2.60 bits per heavy atom. The van der Waals surface area contributed by atoms with Crippen molar-refractivity contribution in [1.29, 1.82) is 0 Å². The summed E-state index contributed by atoms with van der Waals surface area (Å²) in [5.74, 6) is -1.04. The molecule has 1 aromatic carbocycles. The highest BCUT2D eigenvalue weighted by Gasteiger charge is 2.39. The van der Waals surface area contributed by atoms with Gasteiger partial charge < -0.3 is 10.6 Å². The van der Waals surface area contributed by atoms with E-state index in [4.69, 9.17) is 0 Å². The summed E-state index contributed by atoms with van der Waals surface area (Å²) in [6.07, 6.45) is -3.80. The Balaban J connectivity index is 1.99. The fourth-order valence-electron chi connectivity index (χ4n) is 2.01. The molecule has 0 spiro atoms. The van der Waals surface area contributed by atoms with Crippen molar-refractivity contribution in [1.82, 2.24) is 20.8 Å². The normalized spacial score (nSPS) is 12.6. The largest absolute Gasteiger partial charge is 0.405 e. The van der Waals surface area contributed by atoms with E-state index in [9.17, 15) is 28.1 Å². The van der Waals surface area contributed by atoms with Crippen molar-refractivity contribution in [2.75, 3.05) is 6.54 Å². The third-order valence-corrected chi connectivity index (χ3v) is 3.30. The number of halogens is 3. The van der Waals surface area contributed by atoms with Gasteiger partial charge in [0.2, 0.25) is 5.69 Å². The molecule has 0 aliphatic carbocycles. The Hall–Kier alpha value is -2.95. The number of H-pyrrole nitrogens is 1. The summed E-state index contributed by atoms with van der Waals surface area (Å²) in [4.78, 5) is 21.7. The van der Waals surface area contributed by atoms with Crippen molar-refractivity contribution in [3.05, 3.63) is 57.9 Å². The number of rotatable bonds is 7. The molecule has 0 bridgehead atoms. The molecule has 3 N–H and O–H groups in total. The van der Waals surface area contributed by atoms with Crippen LogP contribution in [0.4, 0.5) is 18.9 Å². The Bertz CT molecular complexity index is 733. The van der Waals surface area contributed by atoms with Gasteiger partial charge in [-0.2, -0.15) is 18.3 Å². The van der Waals surface area contributed by atoms with E-state index in [2.05, 4.69) is 15.5 Å². The van der Waals surface area contributed by atoms with Crippen molar-refractivity contribution in [2.45, 2.75) is 18.8 Å². The van der Waals surface area contributed by atoms with Crippen LogP contribution < -0.4 is 10.6 Å². The lowest BCUT2D eigenvalue weighted by atomic mass is 10.2. The number of nitrogens with one attached hydrogen (secondary N) is 3. The summed E-state index contributed by atoms with van der Waals surface area (Å²) < 4.78 is 39.2. The minimum Gasteiger partial charge on any atom is -0.349 e. The van der Waals surface area contributed by atoms with Gasteiger partial charge in [-0.3, -0.25) is 20.0 Å². The first-order valence-corrected chi connectivity index (χ1v) is 7.09. The molecule has 0 aliphatic rings. The summed E-state index contributed by atoms with van der Waals surface area (Å²) in [5.41, 5.74) is -0.473. The SMILES string of the molecule is O=C(NC[C@H](NCc1ccccc1)C(F)(F)F)c1[nH]ncc1[N+](=O)[O-]. The third kappa shape index (κ3) is 5.01. The Labute approximate surface area is 139 Å². The van der Waals surface area contributed by atoms with Gasteiger partial charge in [-0.05, 0) is 5.56 Å². The second-order valence-electron chi connectivity index (χ2n) is 5.06. The first kappa shape index (κ1) is 18.4. The lowest BCUT2D eigenvalue weighted by Crippen LogP contribution is -2.49. The molecule has 1 heterocycles. The van der Waals surface area contributed by atoms with E-state index in [0.29, 0.717) is 5.56 Å². The highest BCUT2D eigenvalue weighted by Crippen LogP contribution is 2.20. The molecule has 0 radical (unpaired) electrons. The van der Waals surface area contributed by atoms with Crippen molar-refractivity contribution in [3.8, 4) is 0 Å². The van der Waals surface area contributed by atoms with Crippen LogP contribution in [0.2, 0.25) is 0 Å². The van der Waals surface area contributed by atoms with Crippen LogP contribution in [0.5, 0.6) is 0 Å². The average molecular weight is 357 g/mol. The predicted octanol–water partition coefficient (Wildman–Crippen LogP) is 1.77. The van der Waals surface area contributed by atoms with Gasteiger partial charge in [0.05, 0.1) is 4.92 Å². The smallest absolute Gasteiger partial charge is 0.349 e. The fraction of sp³-hybridized carbons (Fsp3) is 0.286. The molecule has 11 heteroatoms. The number of carbonyl (C=O) groups is 1. The number of aromatic amines is 1. The van der Waals surface area contributed by atoms with Crippen molar-refractivity contribution >= 4 is 11.6 Å². The predicted molar refractivity (Wildman–Crippen MR) is 80.7 cm³/mol. The molecule has 2 aromatic rings. The van der Waals surface area contributed by atoms with Crippen molar-refractivity contribution < 1.29 is 22.9 Å². The van der Waals surface area contributed by atoms with Crippen LogP contribution in [0.15, 0.2) is 36.5 Å². The molecular weight excluding hydrogens is 343 g/mol. The van der Waals surface area contributed by atoms with Crippen LogP contribution >= 0.6 is 0 Å². The molecule has 0 aliphatic heterocycles. The zero-order chi connectivity index (χ0) is 18.4. The highest BCUT2D eigenvalue weighted by atomic mass is 19.4. The third-order valence-electron chi connectivity index (χ3n) is 3.30. The number of nitrogens with zero attached hydrogens (tertiary/aromatic N) is 2. The summed E-state index contributed by atoms with van der Waals surface area (Å²) in [6, 6.07) is 6.43. The molecule has 0 saturated heterocycles. The van der Waals surface area contributed by atoms with Crippen LogP contribution in [0.1, 0.15) is 16.1 Å². The van der Waals surface area contributed by atoms with E-state index < -0.39 is 41.0 Å². The van der Waals surface area contributed by atoms with E-state index in [-0.39, 0.29) is 6.54 Å². The zero-order valence-electron chi connectivity index (χ0n) is 12.7. The molecule has 134 valence electrons. The van der Waals surface area contributed by atoms with Gasteiger partial charge in [0, 0.05) is 13.1 Å². The molecule has 1 amide bonds. The van der Waals surface area contributed by atoms with Crippen molar-refractivity contribution in [3.63, 3.8) is 0 Å². The molecule has 25 heavy (non-hydrogen) atoms. The van der Waals surface area contributed by atoms with E-state index in [1.165, 1.54) is 0 Å². The first-order valence-electron chi connectivity index (χ1n) is 7.09.